The predicted molar refractivity (Wildman–Crippen MR) is 112 cm³/mol. The molecule has 0 saturated carbocycles. The maximum atomic E-state index is 12.5. The SMILES string of the molecule is COc1cc(NC(=O)CSC2=Nc3ccccc3C3CC=NN23)cc(OC)c1. The topological polar surface area (TPSA) is 75.5 Å². The molecule has 0 aromatic heterocycles. The van der Waals surface area contributed by atoms with E-state index in [0.717, 1.165) is 22.8 Å². The Balaban J connectivity index is 1.45. The minimum Gasteiger partial charge on any atom is -0.497 e. The molecule has 28 heavy (non-hydrogen) atoms. The van der Waals surface area contributed by atoms with Crippen LogP contribution in [0.4, 0.5) is 11.4 Å². The van der Waals surface area contributed by atoms with Gasteiger partial charge >= 0.3 is 0 Å². The highest BCUT2D eigenvalue weighted by Crippen LogP contribution is 2.40. The minimum absolute atomic E-state index is 0.137. The molecule has 0 aliphatic carbocycles. The Morgan fingerprint density at radius 1 is 1.21 bits per heavy atom. The van der Waals surface area contributed by atoms with Gasteiger partial charge in [0, 0.05) is 42.1 Å². The summed E-state index contributed by atoms with van der Waals surface area (Å²) in [6.07, 6.45) is 2.73. The lowest BCUT2D eigenvalue weighted by molar-refractivity contribution is -0.113. The number of hydrogen-bond acceptors (Lipinski definition) is 7. The standard InChI is InChI=1S/C20H20N4O3S/c1-26-14-9-13(10-15(11-14)27-2)22-19(25)12-28-20-23-17-6-4-3-5-16(17)18-7-8-21-24(18)20/h3-6,8-11,18H,7,12H2,1-2H3,(H,22,25). The molecule has 4 rings (SSSR count). The number of carbonyl (C=O) groups is 1. The van der Waals surface area contributed by atoms with Crippen LogP contribution in [0, 0.1) is 0 Å². The third-order valence-corrected chi connectivity index (χ3v) is 5.45. The summed E-state index contributed by atoms with van der Waals surface area (Å²) in [5, 5.41) is 9.95. The summed E-state index contributed by atoms with van der Waals surface area (Å²) in [5.74, 6) is 1.32. The Morgan fingerprint density at radius 2 is 1.96 bits per heavy atom. The zero-order valence-corrected chi connectivity index (χ0v) is 16.4. The number of carbonyl (C=O) groups excluding carboxylic acids is 1. The third-order valence-electron chi connectivity index (χ3n) is 4.51. The van der Waals surface area contributed by atoms with Crippen LogP contribution in [-0.4, -0.2) is 42.3 Å². The summed E-state index contributed by atoms with van der Waals surface area (Å²) in [4.78, 5) is 17.2. The highest BCUT2D eigenvalue weighted by Gasteiger charge is 2.32. The zero-order valence-electron chi connectivity index (χ0n) is 15.6. The van der Waals surface area contributed by atoms with Gasteiger partial charge in [-0.15, -0.1) is 0 Å². The van der Waals surface area contributed by atoms with Crippen LogP contribution < -0.4 is 14.8 Å². The first-order valence-corrected chi connectivity index (χ1v) is 9.81. The Kier molecular flexibility index (Phi) is 5.21. The normalized spacial score (nSPS) is 16.9. The lowest BCUT2D eigenvalue weighted by Gasteiger charge is -2.29. The fourth-order valence-corrected chi connectivity index (χ4v) is 3.99. The van der Waals surface area contributed by atoms with Gasteiger partial charge in [0.2, 0.25) is 5.91 Å². The van der Waals surface area contributed by atoms with E-state index in [9.17, 15) is 4.79 Å². The molecule has 0 saturated heterocycles. The van der Waals surface area contributed by atoms with Crippen LogP contribution in [0.15, 0.2) is 52.6 Å². The second-order valence-electron chi connectivity index (χ2n) is 6.29. The number of ether oxygens (including phenoxy) is 2. The Labute approximate surface area is 167 Å². The molecule has 8 heteroatoms. The van der Waals surface area contributed by atoms with Crippen molar-refractivity contribution in [3.8, 4) is 11.5 Å². The molecule has 0 bridgehead atoms. The van der Waals surface area contributed by atoms with Gasteiger partial charge in [-0.3, -0.25) is 4.79 Å². The smallest absolute Gasteiger partial charge is 0.234 e. The zero-order chi connectivity index (χ0) is 19.5. The van der Waals surface area contributed by atoms with Crippen molar-refractivity contribution in [1.82, 2.24) is 5.01 Å². The molecule has 1 N–H and O–H groups in total. The predicted octanol–water partition coefficient (Wildman–Crippen LogP) is 3.81. The number of aliphatic imine (C=N–C) groups is 1. The van der Waals surface area contributed by atoms with E-state index >= 15 is 0 Å². The second-order valence-corrected chi connectivity index (χ2v) is 7.23. The van der Waals surface area contributed by atoms with Gasteiger partial charge < -0.3 is 14.8 Å². The Bertz CT molecular complexity index is 938. The number of fused-ring (bicyclic) bond motifs is 3. The molecule has 1 amide bonds. The molecular formula is C20H20N4O3S. The molecule has 2 aromatic rings. The lowest BCUT2D eigenvalue weighted by Crippen LogP contribution is -2.29. The van der Waals surface area contributed by atoms with Gasteiger partial charge in [0.05, 0.1) is 31.7 Å². The molecule has 2 aliphatic heterocycles. The summed E-state index contributed by atoms with van der Waals surface area (Å²) in [6.45, 7) is 0. The number of amides is 1. The molecule has 0 spiro atoms. The fraction of sp³-hybridized carbons (Fsp3) is 0.250. The number of benzene rings is 2. The summed E-state index contributed by atoms with van der Waals surface area (Å²) in [5.41, 5.74) is 2.72. The lowest BCUT2D eigenvalue weighted by atomic mass is 10.0. The van der Waals surface area contributed by atoms with Crippen LogP contribution in [0.5, 0.6) is 11.5 Å². The van der Waals surface area contributed by atoms with Gasteiger partial charge in [0.25, 0.3) is 0 Å². The number of thioether (sulfide) groups is 1. The van der Waals surface area contributed by atoms with Crippen LogP contribution in [0.25, 0.3) is 0 Å². The van der Waals surface area contributed by atoms with Crippen molar-refractivity contribution in [1.29, 1.82) is 0 Å². The molecule has 1 unspecified atom stereocenters. The summed E-state index contributed by atoms with van der Waals surface area (Å²) in [7, 11) is 3.14. The van der Waals surface area contributed by atoms with Crippen molar-refractivity contribution in [3.05, 3.63) is 48.0 Å². The molecule has 2 aliphatic rings. The largest absolute Gasteiger partial charge is 0.497 e. The summed E-state index contributed by atoms with van der Waals surface area (Å²) >= 11 is 1.37. The maximum absolute atomic E-state index is 12.5. The van der Waals surface area contributed by atoms with Crippen molar-refractivity contribution in [2.45, 2.75) is 12.5 Å². The number of methoxy groups -OCH3 is 2. The molecule has 0 fully saturated rings. The quantitative estimate of drug-likeness (QED) is 0.832. The average molecular weight is 396 g/mol. The van der Waals surface area contributed by atoms with Crippen molar-refractivity contribution in [3.63, 3.8) is 0 Å². The average Bonchev–Trinajstić information content (AvgIpc) is 3.22. The van der Waals surface area contributed by atoms with Crippen LogP contribution in [0.2, 0.25) is 0 Å². The summed E-state index contributed by atoms with van der Waals surface area (Å²) < 4.78 is 10.5. The monoisotopic (exact) mass is 396 g/mol. The number of amidine groups is 1. The highest BCUT2D eigenvalue weighted by molar-refractivity contribution is 8.14. The van der Waals surface area contributed by atoms with Crippen molar-refractivity contribution in [2.75, 3.05) is 25.3 Å². The minimum atomic E-state index is -0.137. The van der Waals surface area contributed by atoms with Crippen LogP contribution in [-0.2, 0) is 4.79 Å². The number of rotatable bonds is 5. The highest BCUT2D eigenvalue weighted by atomic mass is 32.2. The first kappa shape index (κ1) is 18.4. The Morgan fingerprint density at radius 3 is 2.71 bits per heavy atom. The van der Waals surface area contributed by atoms with Crippen LogP contribution in [0.1, 0.15) is 18.0 Å². The van der Waals surface area contributed by atoms with E-state index < -0.39 is 0 Å². The van der Waals surface area contributed by atoms with E-state index in [2.05, 4.69) is 16.5 Å². The third kappa shape index (κ3) is 3.68. The first-order chi connectivity index (χ1) is 13.7. The number of para-hydroxylation sites is 1. The van der Waals surface area contributed by atoms with E-state index in [1.54, 1.807) is 32.4 Å². The van der Waals surface area contributed by atoms with Gasteiger partial charge in [0.15, 0.2) is 5.17 Å². The van der Waals surface area contributed by atoms with Gasteiger partial charge in [-0.25, -0.2) is 10.0 Å². The van der Waals surface area contributed by atoms with Crippen molar-refractivity contribution < 1.29 is 14.3 Å². The number of anilines is 1. The number of nitrogens with one attached hydrogen (secondary N) is 1. The number of hydrazone groups is 1. The molecular weight excluding hydrogens is 376 g/mol. The molecule has 2 heterocycles. The van der Waals surface area contributed by atoms with E-state index in [1.807, 2.05) is 29.4 Å². The van der Waals surface area contributed by atoms with Gasteiger partial charge in [-0.1, -0.05) is 30.0 Å². The van der Waals surface area contributed by atoms with Gasteiger partial charge in [-0.2, -0.15) is 5.10 Å². The van der Waals surface area contributed by atoms with E-state index in [1.165, 1.54) is 11.8 Å². The van der Waals surface area contributed by atoms with Gasteiger partial charge in [-0.05, 0) is 6.07 Å². The first-order valence-electron chi connectivity index (χ1n) is 8.83. The van der Waals surface area contributed by atoms with Crippen LogP contribution >= 0.6 is 11.8 Å². The maximum Gasteiger partial charge on any atom is 0.234 e. The van der Waals surface area contributed by atoms with E-state index in [4.69, 9.17) is 14.5 Å². The second kappa shape index (κ2) is 7.93. The molecule has 7 nitrogen and oxygen atoms in total. The number of nitrogens with zero attached hydrogens (tertiary/aromatic N) is 3. The van der Waals surface area contributed by atoms with E-state index in [0.29, 0.717) is 17.2 Å². The number of hydrogen-bond donors (Lipinski definition) is 1. The molecule has 1 atom stereocenters. The van der Waals surface area contributed by atoms with Gasteiger partial charge in [0.1, 0.15) is 11.5 Å². The van der Waals surface area contributed by atoms with Crippen molar-refractivity contribution >= 4 is 40.4 Å². The van der Waals surface area contributed by atoms with E-state index in [-0.39, 0.29) is 17.7 Å². The van der Waals surface area contributed by atoms with Crippen molar-refractivity contribution in [2.24, 2.45) is 10.1 Å². The Hall–Kier alpha value is -3.00. The molecule has 0 radical (unpaired) electrons. The summed E-state index contributed by atoms with van der Waals surface area (Å²) in [6, 6.07) is 13.5. The van der Waals surface area contributed by atoms with Crippen LogP contribution in [0.3, 0.4) is 0 Å². The molecule has 2 aromatic carbocycles. The fourth-order valence-electron chi connectivity index (χ4n) is 3.19. The molecule has 144 valence electrons.